The molecule has 0 amide bonds. The Morgan fingerprint density at radius 1 is 1.42 bits per heavy atom. The molecule has 1 aliphatic carbocycles. The maximum absolute atomic E-state index is 12.6. The van der Waals surface area contributed by atoms with Crippen molar-refractivity contribution < 1.29 is 9.13 Å². The van der Waals surface area contributed by atoms with Gasteiger partial charge in [0.2, 0.25) is 0 Å². The minimum absolute atomic E-state index is 0.201. The highest BCUT2D eigenvalue weighted by Gasteiger charge is 2.19. The van der Waals surface area contributed by atoms with Gasteiger partial charge in [0.25, 0.3) is 0 Å². The first kappa shape index (κ1) is 7.59. The Labute approximate surface area is 71.2 Å². The molecule has 0 N–H and O–H groups in total. The third-order valence-corrected chi connectivity index (χ3v) is 1.96. The monoisotopic (exact) mass is 165 g/mol. The fourth-order valence-electron chi connectivity index (χ4n) is 1.12. The molecule has 2 rings (SSSR count). The molecular formula is C10H10FO. The quantitative estimate of drug-likeness (QED) is 0.654. The Hall–Kier alpha value is -1.05. The van der Waals surface area contributed by atoms with Gasteiger partial charge in [-0.15, -0.1) is 0 Å². The van der Waals surface area contributed by atoms with Crippen LogP contribution in [-0.2, 0) is 0 Å². The molecule has 1 radical (unpaired) electrons. The minimum atomic E-state index is -0.244. The zero-order valence-electron chi connectivity index (χ0n) is 6.66. The van der Waals surface area contributed by atoms with Crippen molar-refractivity contribution in [3.05, 3.63) is 36.5 Å². The van der Waals surface area contributed by atoms with Gasteiger partial charge >= 0.3 is 0 Å². The topological polar surface area (TPSA) is 9.23 Å². The fourth-order valence-corrected chi connectivity index (χ4v) is 1.12. The standard InChI is InChI=1S/C10H10FO/c11-8-3-1-6-10(7-8)12-9-4-2-5-9/h1,3-4,6-7,9H,2,5H2. The van der Waals surface area contributed by atoms with Crippen LogP contribution in [0.5, 0.6) is 5.75 Å². The van der Waals surface area contributed by atoms with Crippen LogP contribution in [0, 0.1) is 12.2 Å². The lowest BCUT2D eigenvalue weighted by molar-refractivity contribution is 0.176. The Morgan fingerprint density at radius 2 is 2.25 bits per heavy atom. The number of hydrogen-bond acceptors (Lipinski definition) is 1. The predicted octanol–water partition coefficient (Wildman–Crippen LogP) is 2.57. The van der Waals surface area contributed by atoms with Crippen molar-refractivity contribution in [2.75, 3.05) is 0 Å². The van der Waals surface area contributed by atoms with Gasteiger partial charge < -0.3 is 4.74 Å². The average Bonchev–Trinajstić information content (AvgIpc) is 1.97. The van der Waals surface area contributed by atoms with Crippen LogP contribution in [0.25, 0.3) is 0 Å². The molecule has 1 aromatic rings. The molecule has 0 saturated heterocycles. The summed E-state index contributed by atoms with van der Waals surface area (Å²) >= 11 is 0. The number of benzene rings is 1. The fraction of sp³-hybridized carbons (Fsp3) is 0.300. The van der Waals surface area contributed by atoms with E-state index in [0.29, 0.717) is 5.75 Å². The van der Waals surface area contributed by atoms with E-state index in [-0.39, 0.29) is 11.9 Å². The smallest absolute Gasteiger partial charge is 0.126 e. The molecule has 1 aliphatic rings. The van der Waals surface area contributed by atoms with E-state index >= 15 is 0 Å². The molecular weight excluding hydrogens is 155 g/mol. The molecule has 0 bridgehead atoms. The van der Waals surface area contributed by atoms with Crippen molar-refractivity contribution in [3.63, 3.8) is 0 Å². The van der Waals surface area contributed by atoms with E-state index in [9.17, 15) is 4.39 Å². The third-order valence-electron chi connectivity index (χ3n) is 1.96. The largest absolute Gasteiger partial charge is 0.490 e. The summed E-state index contributed by atoms with van der Waals surface area (Å²) in [4.78, 5) is 0. The molecule has 12 heavy (non-hydrogen) atoms. The van der Waals surface area contributed by atoms with Crippen LogP contribution in [0.15, 0.2) is 24.3 Å². The van der Waals surface area contributed by atoms with Crippen molar-refractivity contribution in [1.29, 1.82) is 0 Å². The molecule has 1 fully saturated rings. The van der Waals surface area contributed by atoms with E-state index in [1.807, 2.05) is 0 Å². The lowest BCUT2D eigenvalue weighted by Gasteiger charge is -2.25. The van der Waals surface area contributed by atoms with Gasteiger partial charge in [-0.1, -0.05) is 6.07 Å². The molecule has 0 aromatic heterocycles. The lowest BCUT2D eigenvalue weighted by atomic mass is 9.96. The number of rotatable bonds is 2. The summed E-state index contributed by atoms with van der Waals surface area (Å²) in [5.41, 5.74) is 0. The van der Waals surface area contributed by atoms with Crippen LogP contribution in [0.3, 0.4) is 0 Å². The Kier molecular flexibility index (Phi) is 1.98. The lowest BCUT2D eigenvalue weighted by Crippen LogP contribution is -2.25. The van der Waals surface area contributed by atoms with Gasteiger partial charge in [-0.25, -0.2) is 4.39 Å². The molecule has 0 aliphatic heterocycles. The molecule has 0 spiro atoms. The summed E-state index contributed by atoms with van der Waals surface area (Å²) in [5, 5.41) is 0. The maximum atomic E-state index is 12.6. The zero-order chi connectivity index (χ0) is 8.39. The van der Waals surface area contributed by atoms with Gasteiger partial charge in [-0.3, -0.25) is 0 Å². The Balaban J connectivity index is 2.02. The number of hydrogen-bond donors (Lipinski definition) is 0. The highest BCUT2D eigenvalue weighted by atomic mass is 19.1. The van der Waals surface area contributed by atoms with E-state index in [4.69, 9.17) is 4.74 Å². The van der Waals surface area contributed by atoms with E-state index in [2.05, 4.69) is 6.42 Å². The molecule has 1 nitrogen and oxygen atoms in total. The molecule has 2 heteroatoms. The summed E-state index contributed by atoms with van der Waals surface area (Å²) < 4.78 is 18.1. The summed E-state index contributed by atoms with van der Waals surface area (Å²) in [6.45, 7) is 0. The van der Waals surface area contributed by atoms with E-state index in [1.165, 1.54) is 12.1 Å². The molecule has 1 atom stereocenters. The Morgan fingerprint density at radius 3 is 2.83 bits per heavy atom. The second-order valence-corrected chi connectivity index (χ2v) is 2.93. The summed E-state index contributed by atoms with van der Waals surface area (Å²) in [6, 6.07) is 6.25. The van der Waals surface area contributed by atoms with Crippen molar-refractivity contribution in [2.45, 2.75) is 18.9 Å². The average molecular weight is 165 g/mol. The summed E-state index contributed by atoms with van der Waals surface area (Å²) in [5.74, 6) is 0.378. The molecule has 1 aromatic carbocycles. The van der Waals surface area contributed by atoms with Crippen LogP contribution in [-0.4, -0.2) is 6.10 Å². The maximum Gasteiger partial charge on any atom is 0.126 e. The van der Waals surface area contributed by atoms with E-state index in [1.54, 1.807) is 12.1 Å². The van der Waals surface area contributed by atoms with Gasteiger partial charge in [0.05, 0.1) is 0 Å². The highest BCUT2D eigenvalue weighted by molar-refractivity contribution is 5.23. The van der Waals surface area contributed by atoms with Gasteiger partial charge in [0, 0.05) is 12.5 Å². The van der Waals surface area contributed by atoms with Crippen LogP contribution < -0.4 is 4.74 Å². The number of halogens is 1. The summed E-state index contributed by atoms with van der Waals surface area (Å²) in [7, 11) is 0. The second-order valence-electron chi connectivity index (χ2n) is 2.93. The van der Waals surface area contributed by atoms with Gasteiger partial charge in [0.15, 0.2) is 0 Å². The molecule has 1 saturated carbocycles. The van der Waals surface area contributed by atoms with Crippen LogP contribution in [0.1, 0.15) is 12.8 Å². The molecule has 63 valence electrons. The first-order chi connectivity index (χ1) is 5.84. The van der Waals surface area contributed by atoms with Crippen LogP contribution in [0.2, 0.25) is 0 Å². The van der Waals surface area contributed by atoms with Gasteiger partial charge in [-0.05, 0) is 25.0 Å². The predicted molar refractivity (Wildman–Crippen MR) is 44.4 cm³/mol. The van der Waals surface area contributed by atoms with Crippen LogP contribution in [0.4, 0.5) is 4.39 Å². The SMILES string of the molecule is Fc1cccc(OC2[CH]CC2)c1. The molecule has 0 heterocycles. The molecule has 1 unspecified atom stereocenters. The van der Waals surface area contributed by atoms with Gasteiger partial charge in [-0.2, -0.15) is 0 Å². The first-order valence-corrected chi connectivity index (χ1v) is 4.10. The summed E-state index contributed by atoms with van der Waals surface area (Å²) in [6.07, 6.45) is 4.45. The minimum Gasteiger partial charge on any atom is -0.490 e. The van der Waals surface area contributed by atoms with E-state index in [0.717, 1.165) is 12.8 Å². The highest BCUT2D eigenvalue weighted by Crippen LogP contribution is 2.24. The van der Waals surface area contributed by atoms with Crippen molar-refractivity contribution in [1.82, 2.24) is 0 Å². The van der Waals surface area contributed by atoms with Gasteiger partial charge in [0.1, 0.15) is 17.7 Å². The second kappa shape index (κ2) is 3.13. The normalized spacial score (nSPS) is 17.1. The zero-order valence-corrected chi connectivity index (χ0v) is 6.66. The third kappa shape index (κ3) is 1.58. The van der Waals surface area contributed by atoms with Crippen LogP contribution >= 0.6 is 0 Å². The van der Waals surface area contributed by atoms with Crippen molar-refractivity contribution in [3.8, 4) is 5.75 Å². The van der Waals surface area contributed by atoms with Crippen molar-refractivity contribution >= 4 is 0 Å². The Bertz CT molecular complexity index is 268. The van der Waals surface area contributed by atoms with E-state index < -0.39 is 0 Å². The van der Waals surface area contributed by atoms with Crippen molar-refractivity contribution in [2.24, 2.45) is 0 Å². The number of ether oxygens (including phenoxy) is 1. The first-order valence-electron chi connectivity index (χ1n) is 4.10.